The van der Waals surface area contributed by atoms with Crippen LogP contribution in [0.2, 0.25) is 0 Å². The first-order valence-electron chi connectivity index (χ1n) is 7.60. The molecule has 1 nitrogen and oxygen atoms in total. The summed E-state index contributed by atoms with van der Waals surface area (Å²) in [6.45, 7) is 8.89. The van der Waals surface area contributed by atoms with Crippen molar-refractivity contribution >= 4 is 0 Å². The van der Waals surface area contributed by atoms with Gasteiger partial charge in [0.15, 0.2) is 0 Å². The predicted octanol–water partition coefficient (Wildman–Crippen LogP) is 5.08. The van der Waals surface area contributed by atoms with Gasteiger partial charge in [-0.15, -0.1) is 0 Å². The van der Waals surface area contributed by atoms with Crippen molar-refractivity contribution in [3.05, 3.63) is 35.6 Å². The Morgan fingerprint density at radius 1 is 1.00 bits per heavy atom. The van der Waals surface area contributed by atoms with Crippen LogP contribution >= 0.6 is 0 Å². The number of hydrogen-bond acceptors (Lipinski definition) is 1. The van der Waals surface area contributed by atoms with Crippen LogP contribution in [0, 0.1) is 11.7 Å². The van der Waals surface area contributed by atoms with Gasteiger partial charge in [0.05, 0.1) is 0 Å². The summed E-state index contributed by atoms with van der Waals surface area (Å²) in [5.41, 5.74) is 1.19. The Morgan fingerprint density at radius 2 is 1.53 bits per heavy atom. The number of benzene rings is 1. The van der Waals surface area contributed by atoms with E-state index in [1.165, 1.54) is 31.2 Å². The van der Waals surface area contributed by atoms with E-state index in [1.807, 2.05) is 12.1 Å². The molecule has 0 amide bonds. The molecule has 1 atom stereocenters. The van der Waals surface area contributed by atoms with E-state index in [1.54, 1.807) is 12.1 Å². The van der Waals surface area contributed by atoms with E-state index in [2.05, 4.69) is 33.0 Å². The summed E-state index contributed by atoms with van der Waals surface area (Å²) < 4.78 is 13.0. The molecule has 1 unspecified atom stereocenters. The summed E-state index contributed by atoms with van der Waals surface area (Å²) in [7, 11) is 0. The van der Waals surface area contributed by atoms with Crippen LogP contribution in [-0.4, -0.2) is 6.04 Å². The maximum Gasteiger partial charge on any atom is 0.123 e. The van der Waals surface area contributed by atoms with E-state index in [0.717, 1.165) is 0 Å². The molecule has 0 aliphatic heterocycles. The molecule has 108 valence electrons. The molecule has 0 heterocycles. The van der Waals surface area contributed by atoms with Gasteiger partial charge < -0.3 is 5.32 Å². The molecular weight excluding hydrogens is 237 g/mol. The van der Waals surface area contributed by atoms with Crippen LogP contribution in [0.25, 0.3) is 0 Å². The Hall–Kier alpha value is -0.890. The lowest BCUT2D eigenvalue weighted by Crippen LogP contribution is -2.35. The first-order valence-corrected chi connectivity index (χ1v) is 7.60. The molecule has 1 N–H and O–H groups in total. The molecule has 0 saturated carbocycles. The second-order valence-electron chi connectivity index (χ2n) is 5.71. The average molecular weight is 265 g/mol. The summed E-state index contributed by atoms with van der Waals surface area (Å²) in [4.78, 5) is 0. The zero-order valence-corrected chi connectivity index (χ0v) is 12.7. The molecule has 0 saturated heterocycles. The Labute approximate surface area is 117 Å². The van der Waals surface area contributed by atoms with Gasteiger partial charge in [-0.1, -0.05) is 52.7 Å². The zero-order chi connectivity index (χ0) is 14.3. The van der Waals surface area contributed by atoms with E-state index in [4.69, 9.17) is 0 Å². The number of halogens is 1. The lowest BCUT2D eigenvalue weighted by atomic mass is 9.93. The molecular formula is C17H28FN. The first-order chi connectivity index (χ1) is 9.08. The van der Waals surface area contributed by atoms with Crippen LogP contribution < -0.4 is 5.32 Å². The molecule has 0 radical (unpaired) electrons. The van der Waals surface area contributed by atoms with Gasteiger partial charge in [-0.2, -0.15) is 0 Å². The fourth-order valence-corrected chi connectivity index (χ4v) is 2.61. The van der Waals surface area contributed by atoms with Crippen LogP contribution in [0.3, 0.4) is 0 Å². The van der Waals surface area contributed by atoms with Crippen LogP contribution in [0.1, 0.15) is 65.0 Å². The third kappa shape index (κ3) is 5.32. The van der Waals surface area contributed by atoms with E-state index >= 15 is 0 Å². The number of nitrogens with one attached hydrogen (secondary N) is 1. The van der Waals surface area contributed by atoms with Gasteiger partial charge in [0.1, 0.15) is 5.82 Å². The molecule has 2 heteroatoms. The van der Waals surface area contributed by atoms with Crippen LogP contribution in [0.15, 0.2) is 24.3 Å². The lowest BCUT2D eigenvalue weighted by Gasteiger charge is -2.29. The summed E-state index contributed by atoms with van der Waals surface area (Å²) >= 11 is 0. The smallest absolute Gasteiger partial charge is 0.123 e. The summed E-state index contributed by atoms with van der Waals surface area (Å²) in [5.74, 6) is 0.339. The molecule has 0 spiro atoms. The molecule has 19 heavy (non-hydrogen) atoms. The Balaban J connectivity index is 2.79. The van der Waals surface area contributed by atoms with E-state index in [-0.39, 0.29) is 5.82 Å². The lowest BCUT2D eigenvalue weighted by molar-refractivity contribution is 0.331. The molecule has 0 aliphatic carbocycles. The molecule has 1 aromatic rings. The fourth-order valence-electron chi connectivity index (χ4n) is 2.61. The van der Waals surface area contributed by atoms with E-state index in [9.17, 15) is 4.39 Å². The van der Waals surface area contributed by atoms with Gasteiger partial charge in [-0.3, -0.25) is 0 Å². The molecule has 0 aromatic heterocycles. The van der Waals surface area contributed by atoms with Gasteiger partial charge >= 0.3 is 0 Å². The van der Waals surface area contributed by atoms with Crippen molar-refractivity contribution in [3.8, 4) is 0 Å². The molecule has 1 aromatic carbocycles. The van der Waals surface area contributed by atoms with Crippen molar-refractivity contribution in [1.29, 1.82) is 0 Å². The summed E-state index contributed by atoms with van der Waals surface area (Å²) in [6, 6.07) is 7.79. The second-order valence-corrected chi connectivity index (χ2v) is 5.71. The van der Waals surface area contributed by atoms with E-state index < -0.39 is 0 Å². The van der Waals surface area contributed by atoms with Gasteiger partial charge in [0.2, 0.25) is 0 Å². The fraction of sp³-hybridized carbons (Fsp3) is 0.647. The Bertz CT molecular complexity index is 339. The van der Waals surface area contributed by atoms with Gasteiger partial charge in [-0.05, 0) is 36.5 Å². The third-order valence-electron chi connectivity index (χ3n) is 3.59. The first kappa shape index (κ1) is 16.2. The Kier molecular flexibility index (Phi) is 7.07. The number of hydrogen-bond donors (Lipinski definition) is 1. The molecule has 0 fully saturated rings. The van der Waals surface area contributed by atoms with Gasteiger partial charge in [0, 0.05) is 12.1 Å². The third-order valence-corrected chi connectivity index (χ3v) is 3.59. The number of rotatable bonds is 8. The minimum atomic E-state index is -0.162. The molecule has 1 rings (SSSR count). The van der Waals surface area contributed by atoms with Gasteiger partial charge in [0.25, 0.3) is 0 Å². The molecule has 0 aliphatic rings. The highest BCUT2D eigenvalue weighted by Gasteiger charge is 2.19. The topological polar surface area (TPSA) is 12.0 Å². The Morgan fingerprint density at radius 3 is 1.95 bits per heavy atom. The van der Waals surface area contributed by atoms with Crippen molar-refractivity contribution in [1.82, 2.24) is 5.32 Å². The highest BCUT2D eigenvalue weighted by atomic mass is 19.1. The standard InChI is InChI=1S/C17H28FN/c1-5-7-16(8-6-2)19-17(13(3)4)14-9-11-15(18)12-10-14/h9-13,16-17,19H,5-8H2,1-4H3. The minimum absolute atomic E-state index is 0.162. The average Bonchev–Trinajstić information content (AvgIpc) is 2.37. The van der Waals surface area contributed by atoms with Gasteiger partial charge in [-0.25, -0.2) is 4.39 Å². The minimum Gasteiger partial charge on any atom is -0.307 e. The maximum atomic E-state index is 13.0. The monoisotopic (exact) mass is 265 g/mol. The maximum absolute atomic E-state index is 13.0. The highest BCUT2D eigenvalue weighted by Crippen LogP contribution is 2.24. The van der Waals surface area contributed by atoms with Crippen molar-refractivity contribution in [2.75, 3.05) is 0 Å². The summed E-state index contributed by atoms with van der Waals surface area (Å²) in [6.07, 6.45) is 4.81. The quantitative estimate of drug-likeness (QED) is 0.691. The summed E-state index contributed by atoms with van der Waals surface area (Å²) in [5, 5.41) is 3.77. The predicted molar refractivity (Wildman–Crippen MR) is 80.7 cm³/mol. The van der Waals surface area contributed by atoms with Crippen molar-refractivity contribution in [2.24, 2.45) is 5.92 Å². The highest BCUT2D eigenvalue weighted by molar-refractivity contribution is 5.20. The zero-order valence-electron chi connectivity index (χ0n) is 12.7. The van der Waals surface area contributed by atoms with Crippen LogP contribution in [0.4, 0.5) is 4.39 Å². The SMILES string of the molecule is CCCC(CCC)NC(c1ccc(F)cc1)C(C)C. The van der Waals surface area contributed by atoms with Crippen LogP contribution in [-0.2, 0) is 0 Å². The normalized spacial score (nSPS) is 13.2. The largest absolute Gasteiger partial charge is 0.307 e. The van der Waals surface area contributed by atoms with Crippen molar-refractivity contribution < 1.29 is 4.39 Å². The molecule has 0 bridgehead atoms. The van der Waals surface area contributed by atoms with Crippen LogP contribution in [0.5, 0.6) is 0 Å². The van der Waals surface area contributed by atoms with Crippen molar-refractivity contribution in [2.45, 2.75) is 65.5 Å². The van der Waals surface area contributed by atoms with E-state index in [0.29, 0.717) is 18.0 Å². The van der Waals surface area contributed by atoms with Crippen molar-refractivity contribution in [3.63, 3.8) is 0 Å². The second kappa shape index (κ2) is 8.31.